The van der Waals surface area contributed by atoms with E-state index in [-0.39, 0.29) is 24.1 Å². The van der Waals surface area contributed by atoms with Crippen LogP contribution in [-0.2, 0) is 10.9 Å². The summed E-state index contributed by atoms with van der Waals surface area (Å²) in [7, 11) is 0. The fraction of sp³-hybridized carbons (Fsp3) is 0.571. The van der Waals surface area contributed by atoms with Gasteiger partial charge in [-0.25, -0.2) is 0 Å². The van der Waals surface area contributed by atoms with Gasteiger partial charge in [-0.3, -0.25) is 0 Å². The molecule has 0 spiro atoms. The second kappa shape index (κ2) is 6.35. The number of nitrogen functional groups attached to an aromatic ring is 1. The van der Waals surface area contributed by atoms with Crippen LogP contribution < -0.4 is 10.5 Å². The van der Waals surface area contributed by atoms with Crippen LogP contribution in [0.1, 0.15) is 31.2 Å². The molecule has 1 atom stereocenters. The van der Waals surface area contributed by atoms with Crippen molar-refractivity contribution in [3.8, 4) is 5.75 Å². The molecule has 1 heterocycles. The zero-order valence-corrected chi connectivity index (χ0v) is 11.1. The highest BCUT2D eigenvalue weighted by molar-refractivity contribution is 5.49. The molecule has 2 rings (SSSR count). The summed E-state index contributed by atoms with van der Waals surface area (Å²) in [5, 5.41) is 0. The van der Waals surface area contributed by atoms with Gasteiger partial charge in [0.15, 0.2) is 0 Å². The van der Waals surface area contributed by atoms with Crippen molar-refractivity contribution >= 4 is 5.69 Å². The van der Waals surface area contributed by atoms with E-state index < -0.39 is 11.7 Å². The predicted octanol–water partition coefficient (Wildman–Crippen LogP) is 3.63. The van der Waals surface area contributed by atoms with Crippen molar-refractivity contribution in [3.05, 3.63) is 23.8 Å². The summed E-state index contributed by atoms with van der Waals surface area (Å²) in [6.45, 7) is 1.02. The molecule has 1 saturated heterocycles. The molecule has 0 saturated carbocycles. The molecule has 1 aliphatic heterocycles. The molecule has 0 bridgehead atoms. The number of alkyl halides is 3. The zero-order valence-electron chi connectivity index (χ0n) is 11.1. The minimum Gasteiger partial charge on any atom is -0.493 e. The number of hydrogen-bond donors (Lipinski definition) is 1. The molecule has 1 fully saturated rings. The van der Waals surface area contributed by atoms with Crippen molar-refractivity contribution in [2.75, 3.05) is 18.9 Å². The first-order valence-corrected chi connectivity index (χ1v) is 6.68. The average molecular weight is 289 g/mol. The van der Waals surface area contributed by atoms with Gasteiger partial charge in [-0.05, 0) is 43.9 Å². The van der Waals surface area contributed by atoms with E-state index in [0.29, 0.717) is 6.42 Å². The number of rotatable bonds is 5. The maximum absolute atomic E-state index is 12.8. The predicted molar refractivity (Wildman–Crippen MR) is 69.6 cm³/mol. The topological polar surface area (TPSA) is 44.5 Å². The first-order chi connectivity index (χ1) is 9.47. The molecular weight excluding hydrogens is 271 g/mol. The van der Waals surface area contributed by atoms with Crippen molar-refractivity contribution in [3.63, 3.8) is 0 Å². The van der Waals surface area contributed by atoms with Gasteiger partial charge in [-0.15, -0.1) is 0 Å². The van der Waals surface area contributed by atoms with Crippen molar-refractivity contribution in [1.82, 2.24) is 0 Å². The summed E-state index contributed by atoms with van der Waals surface area (Å²) < 4.78 is 49.2. The number of halogens is 3. The van der Waals surface area contributed by atoms with E-state index in [1.165, 1.54) is 12.1 Å². The second-order valence-corrected chi connectivity index (χ2v) is 4.88. The zero-order chi connectivity index (χ0) is 14.6. The fourth-order valence-electron chi connectivity index (χ4n) is 2.26. The minimum atomic E-state index is -4.46. The van der Waals surface area contributed by atoms with E-state index in [9.17, 15) is 13.2 Å². The molecule has 1 unspecified atom stereocenters. The third kappa shape index (κ3) is 4.03. The molecule has 6 heteroatoms. The van der Waals surface area contributed by atoms with Gasteiger partial charge in [0.1, 0.15) is 5.75 Å². The van der Waals surface area contributed by atoms with Gasteiger partial charge in [0.25, 0.3) is 0 Å². The Morgan fingerprint density at radius 1 is 1.35 bits per heavy atom. The van der Waals surface area contributed by atoms with Crippen molar-refractivity contribution < 1.29 is 22.6 Å². The van der Waals surface area contributed by atoms with Crippen LogP contribution in [0, 0.1) is 0 Å². The first-order valence-electron chi connectivity index (χ1n) is 6.68. The average Bonchev–Trinajstić information content (AvgIpc) is 2.88. The highest BCUT2D eigenvalue weighted by Crippen LogP contribution is 2.37. The van der Waals surface area contributed by atoms with E-state index in [1.54, 1.807) is 0 Å². The number of anilines is 1. The van der Waals surface area contributed by atoms with Gasteiger partial charge < -0.3 is 15.2 Å². The number of hydrogen-bond acceptors (Lipinski definition) is 3. The molecule has 1 aromatic rings. The molecule has 20 heavy (non-hydrogen) atoms. The van der Waals surface area contributed by atoms with Crippen LogP contribution in [0.25, 0.3) is 0 Å². The summed E-state index contributed by atoms with van der Waals surface area (Å²) in [6.07, 6.45) is -0.661. The molecule has 0 aliphatic carbocycles. The molecule has 0 radical (unpaired) electrons. The summed E-state index contributed by atoms with van der Waals surface area (Å²) >= 11 is 0. The summed E-state index contributed by atoms with van der Waals surface area (Å²) in [4.78, 5) is 0. The van der Waals surface area contributed by atoms with Gasteiger partial charge >= 0.3 is 6.18 Å². The molecule has 3 nitrogen and oxygen atoms in total. The molecule has 2 N–H and O–H groups in total. The van der Waals surface area contributed by atoms with Crippen LogP contribution in [-0.4, -0.2) is 19.3 Å². The van der Waals surface area contributed by atoms with Crippen molar-refractivity contribution in [1.29, 1.82) is 0 Å². The van der Waals surface area contributed by atoms with E-state index in [2.05, 4.69) is 0 Å². The molecular formula is C14H18F3NO2. The van der Waals surface area contributed by atoms with Crippen LogP contribution >= 0.6 is 0 Å². The second-order valence-electron chi connectivity index (χ2n) is 4.88. The summed E-state index contributed by atoms with van der Waals surface area (Å²) in [5.41, 5.74) is 4.64. The van der Waals surface area contributed by atoms with Crippen LogP contribution in [0.15, 0.2) is 18.2 Å². The Morgan fingerprint density at radius 3 is 2.80 bits per heavy atom. The highest BCUT2D eigenvalue weighted by Gasteiger charge is 2.34. The third-order valence-electron chi connectivity index (χ3n) is 3.26. The maximum atomic E-state index is 12.8. The Bertz CT molecular complexity index is 443. The van der Waals surface area contributed by atoms with Crippen LogP contribution in [0.5, 0.6) is 5.75 Å². The van der Waals surface area contributed by atoms with Gasteiger partial charge in [0, 0.05) is 12.3 Å². The van der Waals surface area contributed by atoms with Crippen LogP contribution in [0.4, 0.5) is 18.9 Å². The minimum absolute atomic E-state index is 0.0732. The Morgan fingerprint density at radius 2 is 2.15 bits per heavy atom. The van der Waals surface area contributed by atoms with E-state index in [4.69, 9.17) is 15.2 Å². The Hall–Kier alpha value is -1.43. The monoisotopic (exact) mass is 289 g/mol. The molecule has 1 aliphatic rings. The molecule has 112 valence electrons. The standard InChI is InChI=1S/C14H18F3NO2/c15-14(16,17)12-9-10(18)5-6-13(12)20-8-2-4-11-3-1-7-19-11/h5-6,9,11H,1-4,7-8,18H2. The van der Waals surface area contributed by atoms with E-state index >= 15 is 0 Å². The first kappa shape index (κ1) is 15.0. The lowest BCUT2D eigenvalue weighted by Gasteiger charge is -2.15. The maximum Gasteiger partial charge on any atom is 0.420 e. The number of nitrogens with two attached hydrogens (primary N) is 1. The van der Waals surface area contributed by atoms with Gasteiger partial charge in [0.05, 0.1) is 18.3 Å². The summed E-state index contributed by atoms with van der Waals surface area (Å²) in [6, 6.07) is 3.57. The van der Waals surface area contributed by atoms with Crippen LogP contribution in [0.2, 0.25) is 0 Å². The smallest absolute Gasteiger partial charge is 0.420 e. The van der Waals surface area contributed by atoms with Crippen LogP contribution in [0.3, 0.4) is 0 Å². The lowest BCUT2D eigenvalue weighted by molar-refractivity contribution is -0.138. The third-order valence-corrected chi connectivity index (χ3v) is 3.26. The number of ether oxygens (including phenoxy) is 2. The van der Waals surface area contributed by atoms with Gasteiger partial charge in [-0.2, -0.15) is 13.2 Å². The molecule has 0 aromatic heterocycles. The Kier molecular flexibility index (Phi) is 4.75. The normalized spacial score (nSPS) is 19.2. The lowest BCUT2D eigenvalue weighted by Crippen LogP contribution is -2.11. The Labute approximate surface area is 115 Å². The largest absolute Gasteiger partial charge is 0.493 e. The van der Waals surface area contributed by atoms with Crippen molar-refractivity contribution in [2.24, 2.45) is 0 Å². The number of benzene rings is 1. The van der Waals surface area contributed by atoms with E-state index in [1.807, 2.05) is 0 Å². The van der Waals surface area contributed by atoms with Gasteiger partial charge in [0.2, 0.25) is 0 Å². The molecule has 0 amide bonds. The fourth-order valence-corrected chi connectivity index (χ4v) is 2.26. The Balaban J connectivity index is 1.88. The molecule has 1 aromatic carbocycles. The van der Waals surface area contributed by atoms with Crippen molar-refractivity contribution in [2.45, 2.75) is 38.0 Å². The quantitative estimate of drug-likeness (QED) is 0.665. The SMILES string of the molecule is Nc1ccc(OCCCC2CCCO2)c(C(F)(F)F)c1. The highest BCUT2D eigenvalue weighted by atomic mass is 19.4. The van der Waals surface area contributed by atoms with E-state index in [0.717, 1.165) is 31.9 Å². The summed E-state index contributed by atoms with van der Waals surface area (Å²) in [5.74, 6) is -0.168. The lowest BCUT2D eigenvalue weighted by atomic mass is 10.1. The van der Waals surface area contributed by atoms with Gasteiger partial charge in [-0.1, -0.05) is 0 Å².